The maximum Gasteiger partial charge on any atom is 0.271 e. The lowest BCUT2D eigenvalue weighted by molar-refractivity contribution is -0.116. The largest absolute Gasteiger partial charge is 0.387 e. The highest BCUT2D eigenvalue weighted by Crippen LogP contribution is 2.44. The van der Waals surface area contributed by atoms with E-state index in [9.17, 15) is 18.7 Å². The fourth-order valence-corrected chi connectivity index (χ4v) is 4.08. The summed E-state index contributed by atoms with van der Waals surface area (Å²) in [4.78, 5) is 21.6. The molecule has 3 aromatic rings. The minimum Gasteiger partial charge on any atom is -0.387 e. The fraction of sp³-hybridized carbons (Fsp3) is 0.318. The Morgan fingerprint density at radius 1 is 1.07 bits per heavy atom. The van der Waals surface area contributed by atoms with E-state index in [2.05, 4.69) is 15.3 Å². The highest BCUT2D eigenvalue weighted by atomic mass is 35.5. The van der Waals surface area contributed by atoms with Crippen LogP contribution in [0.1, 0.15) is 47.9 Å². The van der Waals surface area contributed by atoms with E-state index < -0.39 is 36.3 Å². The van der Waals surface area contributed by atoms with E-state index in [-0.39, 0.29) is 23.7 Å². The van der Waals surface area contributed by atoms with E-state index in [0.29, 0.717) is 11.1 Å². The molecule has 0 bridgehead atoms. The third kappa shape index (κ3) is 4.13. The molecule has 0 radical (unpaired) electrons. The van der Waals surface area contributed by atoms with Crippen LogP contribution >= 0.6 is 11.6 Å². The molecule has 0 aliphatic heterocycles. The number of benzene rings is 1. The number of hydrogen-bond acceptors (Lipinski definition) is 4. The van der Waals surface area contributed by atoms with Gasteiger partial charge in [-0.3, -0.25) is 9.78 Å². The summed E-state index contributed by atoms with van der Waals surface area (Å²) in [6.07, 6.45) is 0.232. The van der Waals surface area contributed by atoms with E-state index in [4.69, 9.17) is 11.6 Å². The van der Waals surface area contributed by atoms with Crippen molar-refractivity contribution < 1.29 is 18.7 Å². The van der Waals surface area contributed by atoms with Crippen LogP contribution in [0.25, 0.3) is 10.8 Å². The number of carbonyl (C=O) groups excluding carboxylic acids is 1. The quantitative estimate of drug-likeness (QED) is 0.587. The van der Waals surface area contributed by atoms with Gasteiger partial charge in [-0.1, -0.05) is 41.9 Å². The van der Waals surface area contributed by atoms with Crippen molar-refractivity contribution in [3.63, 3.8) is 0 Å². The number of aromatic nitrogens is 2. The monoisotopic (exact) mass is 431 g/mol. The molecule has 1 aromatic carbocycles. The molecule has 1 aliphatic carbocycles. The van der Waals surface area contributed by atoms with Crippen LogP contribution in [-0.2, 0) is 0 Å². The first-order chi connectivity index (χ1) is 14.3. The van der Waals surface area contributed by atoms with Crippen molar-refractivity contribution in [2.45, 2.75) is 43.2 Å². The highest BCUT2D eigenvalue weighted by molar-refractivity contribution is 6.29. The minimum atomic E-state index is -2.83. The second-order valence-corrected chi connectivity index (χ2v) is 8.02. The molecule has 30 heavy (non-hydrogen) atoms. The zero-order chi connectivity index (χ0) is 21.4. The van der Waals surface area contributed by atoms with Crippen molar-refractivity contribution >= 4 is 28.3 Å². The normalized spacial score (nSPS) is 18.7. The number of pyridine rings is 2. The number of alkyl halides is 2. The molecule has 0 saturated heterocycles. The van der Waals surface area contributed by atoms with Gasteiger partial charge in [0, 0.05) is 24.4 Å². The lowest BCUT2D eigenvalue weighted by atomic mass is 9.76. The molecule has 2 N–H and O–H groups in total. The molecule has 1 amide bonds. The van der Waals surface area contributed by atoms with Gasteiger partial charge < -0.3 is 10.4 Å². The average Bonchev–Trinajstić information content (AvgIpc) is 2.74. The molecule has 2 aromatic heterocycles. The fourth-order valence-electron chi connectivity index (χ4n) is 3.91. The Kier molecular flexibility index (Phi) is 5.42. The first-order valence-electron chi connectivity index (χ1n) is 9.65. The predicted octanol–water partition coefficient (Wildman–Crippen LogP) is 4.69. The Hall–Kier alpha value is -2.64. The molecule has 2 heterocycles. The van der Waals surface area contributed by atoms with Crippen LogP contribution in [0.15, 0.2) is 54.7 Å². The third-order valence-corrected chi connectivity index (χ3v) is 5.79. The summed E-state index contributed by atoms with van der Waals surface area (Å²) in [6.45, 7) is 0. The summed E-state index contributed by atoms with van der Waals surface area (Å²) in [5.41, 5.74) is -1.09. The molecule has 156 valence electrons. The van der Waals surface area contributed by atoms with E-state index in [1.807, 2.05) is 12.1 Å². The Bertz CT molecular complexity index is 1080. The molecular weight excluding hydrogens is 412 g/mol. The lowest BCUT2D eigenvalue weighted by Gasteiger charge is -2.41. The van der Waals surface area contributed by atoms with Crippen molar-refractivity contribution in [2.24, 2.45) is 0 Å². The van der Waals surface area contributed by atoms with Gasteiger partial charge in [0.15, 0.2) is 0 Å². The first kappa shape index (κ1) is 20.6. The minimum absolute atomic E-state index is 0.178. The smallest absolute Gasteiger partial charge is 0.271 e. The molecule has 8 heteroatoms. The third-order valence-electron chi connectivity index (χ3n) is 5.58. The number of hydrogen-bond donors (Lipinski definition) is 2. The number of carbonyl (C=O) groups is 1. The van der Waals surface area contributed by atoms with E-state index in [1.165, 1.54) is 6.20 Å². The maximum atomic E-state index is 13.7. The summed E-state index contributed by atoms with van der Waals surface area (Å²) in [7, 11) is 0. The second-order valence-electron chi connectivity index (χ2n) is 7.63. The molecule has 1 unspecified atom stereocenters. The van der Waals surface area contributed by atoms with Gasteiger partial charge in [-0.25, -0.2) is 13.8 Å². The number of amides is 1. The second kappa shape index (κ2) is 7.89. The van der Waals surface area contributed by atoms with Crippen molar-refractivity contribution in [1.82, 2.24) is 15.3 Å². The topological polar surface area (TPSA) is 75.1 Å². The molecule has 5 nitrogen and oxygen atoms in total. The SMILES string of the molecule is O=C(NC(c1cccc(Cl)n1)C1(O)CCC(F)(F)CC1)c1nccc2ccccc12. The maximum absolute atomic E-state index is 13.7. The van der Waals surface area contributed by atoms with Crippen molar-refractivity contribution in [3.8, 4) is 0 Å². The predicted molar refractivity (Wildman–Crippen MR) is 110 cm³/mol. The molecule has 1 saturated carbocycles. The number of aliphatic hydroxyl groups is 1. The van der Waals surface area contributed by atoms with Crippen LogP contribution in [0.2, 0.25) is 5.15 Å². The Morgan fingerprint density at radius 3 is 2.53 bits per heavy atom. The summed E-state index contributed by atoms with van der Waals surface area (Å²) in [6, 6.07) is 12.9. The highest BCUT2D eigenvalue weighted by Gasteiger charge is 2.48. The molecule has 1 aliphatic rings. The van der Waals surface area contributed by atoms with Gasteiger partial charge in [0.05, 0.1) is 11.3 Å². The van der Waals surface area contributed by atoms with Crippen molar-refractivity contribution in [2.75, 3.05) is 0 Å². The zero-order valence-electron chi connectivity index (χ0n) is 16.0. The van der Waals surface area contributed by atoms with Gasteiger partial charge in [0.1, 0.15) is 16.9 Å². The number of nitrogens with one attached hydrogen (secondary N) is 1. The van der Waals surface area contributed by atoms with Gasteiger partial charge in [-0.05, 0) is 36.4 Å². The standard InChI is InChI=1S/C22H20ClF2N3O2/c23-17-7-3-6-16(27-17)19(21(30)9-11-22(24,25)12-10-21)28-20(29)18-15-5-2-1-4-14(15)8-13-26-18/h1-8,13,19,30H,9-12H2,(H,28,29). The van der Waals surface area contributed by atoms with Crippen molar-refractivity contribution in [3.05, 3.63) is 71.3 Å². The number of nitrogens with zero attached hydrogens (tertiary/aromatic N) is 2. The van der Waals surface area contributed by atoms with Gasteiger partial charge >= 0.3 is 0 Å². The van der Waals surface area contributed by atoms with Crippen LogP contribution < -0.4 is 5.32 Å². The summed E-state index contributed by atoms with van der Waals surface area (Å²) >= 11 is 6.01. The van der Waals surface area contributed by atoms with Gasteiger partial charge in [-0.2, -0.15) is 0 Å². The molecular formula is C22H20ClF2N3O2. The van der Waals surface area contributed by atoms with Crippen molar-refractivity contribution in [1.29, 1.82) is 0 Å². The summed E-state index contributed by atoms with van der Waals surface area (Å²) in [5.74, 6) is -3.36. The van der Waals surface area contributed by atoms with Crippen LogP contribution in [0, 0.1) is 0 Å². The first-order valence-corrected chi connectivity index (χ1v) is 10.0. The average molecular weight is 432 g/mol. The Labute approximate surface area is 177 Å². The van der Waals surface area contributed by atoms with Crippen LogP contribution in [-0.4, -0.2) is 32.5 Å². The van der Waals surface area contributed by atoms with Crippen LogP contribution in [0.3, 0.4) is 0 Å². The Morgan fingerprint density at radius 2 is 1.80 bits per heavy atom. The van der Waals surface area contributed by atoms with E-state index >= 15 is 0 Å². The van der Waals surface area contributed by atoms with Crippen LogP contribution in [0.5, 0.6) is 0 Å². The molecule has 0 spiro atoms. The van der Waals surface area contributed by atoms with Gasteiger partial charge in [0.2, 0.25) is 5.92 Å². The van der Waals surface area contributed by atoms with E-state index in [1.54, 1.807) is 36.4 Å². The Balaban J connectivity index is 1.70. The van der Waals surface area contributed by atoms with E-state index in [0.717, 1.165) is 5.39 Å². The number of halogens is 3. The number of fused-ring (bicyclic) bond motifs is 1. The zero-order valence-corrected chi connectivity index (χ0v) is 16.7. The molecule has 1 fully saturated rings. The summed E-state index contributed by atoms with van der Waals surface area (Å²) in [5, 5.41) is 15.7. The van der Waals surface area contributed by atoms with Gasteiger partial charge in [-0.15, -0.1) is 0 Å². The summed E-state index contributed by atoms with van der Waals surface area (Å²) < 4.78 is 27.5. The number of rotatable bonds is 4. The lowest BCUT2D eigenvalue weighted by Crippen LogP contribution is -2.50. The van der Waals surface area contributed by atoms with Crippen LogP contribution in [0.4, 0.5) is 8.78 Å². The molecule has 4 rings (SSSR count). The van der Waals surface area contributed by atoms with Gasteiger partial charge in [0.25, 0.3) is 5.91 Å². The molecule has 1 atom stereocenters.